The summed E-state index contributed by atoms with van der Waals surface area (Å²) >= 11 is 17.8. The Labute approximate surface area is 623 Å². The summed E-state index contributed by atoms with van der Waals surface area (Å²) in [6, 6.07) is 48.3. The number of morpholine rings is 5. The molecule has 0 aliphatic carbocycles. The van der Waals surface area contributed by atoms with Crippen LogP contribution in [0.5, 0.6) is 11.6 Å². The van der Waals surface area contributed by atoms with Gasteiger partial charge in [0.05, 0.1) is 73.2 Å². The normalized spacial score (nSPS) is 18.2. The fourth-order valence-electron chi connectivity index (χ4n) is 13.8. The number of aromatic amines is 1. The highest BCUT2D eigenvalue weighted by Crippen LogP contribution is 2.33. The van der Waals surface area contributed by atoms with Gasteiger partial charge in [-0.1, -0.05) is 108 Å². The van der Waals surface area contributed by atoms with Crippen molar-refractivity contribution in [3.8, 4) is 11.6 Å². The Bertz CT molecular complexity index is 4120. The molecule has 1 N–H and O–H groups in total. The second kappa shape index (κ2) is 38.5. The van der Waals surface area contributed by atoms with E-state index < -0.39 is 0 Å². The minimum Gasteiger partial charge on any atom is -0.497 e. The van der Waals surface area contributed by atoms with Gasteiger partial charge >= 0.3 is 0 Å². The Hall–Kier alpha value is -8.52. The Kier molecular flexibility index (Phi) is 28.3. The molecule has 5 aromatic heterocycles. The molecule has 0 saturated carbocycles. The molecule has 0 radical (unpaired) electrons. The van der Waals surface area contributed by atoms with Crippen LogP contribution in [0, 0.1) is 0 Å². The molecule has 556 valence electrons. The number of rotatable bonds is 15. The van der Waals surface area contributed by atoms with Gasteiger partial charge in [-0.05, 0) is 85.5 Å². The van der Waals surface area contributed by atoms with Gasteiger partial charge in [-0.15, -0.1) is 0 Å². The van der Waals surface area contributed by atoms with Crippen molar-refractivity contribution in [3.63, 3.8) is 0 Å². The Morgan fingerprint density at radius 2 is 0.817 bits per heavy atom. The van der Waals surface area contributed by atoms with Crippen molar-refractivity contribution in [2.45, 2.75) is 57.2 Å². The third kappa shape index (κ3) is 21.6. The van der Waals surface area contributed by atoms with Crippen LogP contribution in [-0.2, 0) is 64.3 Å². The molecule has 15 rings (SSSR count). The molecule has 12 heterocycles. The number of nitrogens with one attached hydrogen (secondary N) is 1. The van der Waals surface area contributed by atoms with E-state index in [1.807, 2.05) is 56.6 Å². The van der Waals surface area contributed by atoms with Crippen LogP contribution in [0.4, 0.5) is 40.1 Å². The van der Waals surface area contributed by atoms with Crippen LogP contribution in [0.15, 0.2) is 165 Å². The Balaban J connectivity index is 0.000000133. The van der Waals surface area contributed by atoms with Crippen molar-refractivity contribution in [2.24, 2.45) is 21.1 Å². The Morgan fingerprint density at radius 1 is 0.433 bits per heavy atom. The lowest BCUT2D eigenvalue weighted by molar-refractivity contribution is 0.122. The van der Waals surface area contributed by atoms with Crippen molar-refractivity contribution in [3.05, 3.63) is 219 Å². The van der Waals surface area contributed by atoms with Gasteiger partial charge in [0.25, 0.3) is 22.2 Å². The first kappa shape index (κ1) is 76.6. The number of anilines is 7. The third-order valence-electron chi connectivity index (χ3n) is 19.6. The molecule has 7 aliphatic heterocycles. The highest BCUT2D eigenvalue weighted by Gasteiger charge is 2.30. The number of halogens is 3. The molecule has 2 atom stereocenters. The van der Waals surface area contributed by atoms with Gasteiger partial charge in [0.2, 0.25) is 5.88 Å². The van der Waals surface area contributed by atoms with E-state index in [1.165, 1.54) is 41.4 Å². The van der Waals surface area contributed by atoms with Crippen LogP contribution in [0.25, 0.3) is 0 Å². The van der Waals surface area contributed by atoms with Gasteiger partial charge in [0.15, 0.2) is 0 Å². The molecule has 3 aromatic carbocycles. The van der Waals surface area contributed by atoms with E-state index in [4.69, 9.17) is 68.0 Å². The lowest BCUT2D eigenvalue weighted by Gasteiger charge is -2.32. The zero-order valence-electron chi connectivity index (χ0n) is 60.1. The third-order valence-corrected chi connectivity index (χ3v) is 20.3. The van der Waals surface area contributed by atoms with Crippen LogP contribution in [0.1, 0.15) is 42.4 Å². The number of pyridine rings is 5. The zero-order chi connectivity index (χ0) is 72.7. The highest BCUT2D eigenvalue weighted by molar-refractivity contribution is 6.30. The number of benzene rings is 3. The zero-order valence-corrected chi connectivity index (χ0v) is 62.3. The first-order valence-electron chi connectivity index (χ1n) is 36.0. The van der Waals surface area contributed by atoms with E-state index in [0.29, 0.717) is 66.5 Å². The molecule has 7 fully saturated rings. The number of methoxy groups -OCH3 is 1. The van der Waals surface area contributed by atoms with Crippen LogP contribution in [0.3, 0.4) is 0 Å². The van der Waals surface area contributed by atoms with Gasteiger partial charge in [-0.2, -0.15) is 0 Å². The molecule has 0 bridgehead atoms. The van der Waals surface area contributed by atoms with Crippen LogP contribution in [-0.4, -0.2) is 187 Å². The number of H-pyrrole nitrogens is 1. The number of aromatic nitrogens is 5. The molecule has 0 unspecified atom stereocenters. The molecule has 8 aromatic rings. The molecule has 0 amide bonds. The molecule has 0 spiro atoms. The number of hydrogen-bond donors (Lipinski definition) is 1. The van der Waals surface area contributed by atoms with Crippen LogP contribution >= 0.6 is 34.8 Å². The van der Waals surface area contributed by atoms with E-state index in [9.17, 15) is 19.2 Å². The van der Waals surface area contributed by atoms with E-state index >= 15 is 0 Å². The molecular formula is C78H97Cl3N12O11. The lowest BCUT2D eigenvalue weighted by atomic mass is 10.0. The average molecular weight is 1490 g/mol. The molecular weight excluding hydrogens is 1390 g/mol. The van der Waals surface area contributed by atoms with Crippen molar-refractivity contribution < 1.29 is 33.2 Å². The molecule has 23 nitrogen and oxygen atoms in total. The summed E-state index contributed by atoms with van der Waals surface area (Å²) < 4.78 is 42.7. The number of nitrogens with zero attached hydrogens (tertiary/aromatic N) is 11. The monoisotopic (exact) mass is 1480 g/mol. The summed E-state index contributed by atoms with van der Waals surface area (Å²) in [7, 11) is 7.08. The SMILES string of the molecule is COc1ccc(COc2cc(N3CCOCC3)cc(Cl)n2)cc1.Cn1c(Cl)cc(N2CCOCC2)cc1=O.Cn1c(N2CCC[C@@H]2Cc2ccccc2)cc(N2CCOCC2)cc1=O.Cn1c(N2CCC[C@H]2Cc2ccccc2)cc(N2CCOCC2)cc1=O.O=c1cc(N2CCOCC2)cc(Cl)[nH]1. The maximum Gasteiger partial charge on any atom is 0.253 e. The standard InChI is InChI=1S/2C21H27N3O2.C17H19ClN2O3.C10H13ClN2O2.C9H11ClN2O2/c2*1-22-20(15-19(16-21(22)25)23-10-12-26-13-11-23)24-9-5-8-18(24)14-17-6-3-2-4-7-17;1-21-15-4-2-13(3-5-15)12-23-17-11-14(10-16(18)19-17)20-6-8-22-9-7-20;1-12-9(11)6-8(7-10(12)14)13-2-4-15-5-3-13;10-8-5-7(6-9(13)11-8)12-1-3-14-4-2-12/h2*2-4,6-7,15-16,18H,5,8-14H2,1H3;2-5,10-11H,6-9,12H2,1H3;6-7H,2-5H2,1H3;5-6H,1-4H2,(H,11,13)/t2*18-;;;/m10.../s1. The van der Waals surface area contributed by atoms with Crippen molar-refractivity contribution in [1.29, 1.82) is 0 Å². The lowest BCUT2D eigenvalue weighted by Crippen LogP contribution is -2.39. The quantitative estimate of drug-likeness (QED) is 0.0950. The first-order chi connectivity index (χ1) is 50.6. The topological polar surface area (TPSA) is 199 Å². The summed E-state index contributed by atoms with van der Waals surface area (Å²) in [5.41, 5.74) is 8.45. The van der Waals surface area contributed by atoms with Gasteiger partial charge in [-0.25, -0.2) is 4.98 Å². The Morgan fingerprint density at radius 3 is 1.21 bits per heavy atom. The molecule has 7 saturated heterocycles. The fraction of sp³-hybridized carbons (Fsp3) is 0.449. The average Bonchev–Trinajstić information content (AvgIpc) is 1.40. The van der Waals surface area contributed by atoms with E-state index in [0.717, 1.165) is 182 Å². The summed E-state index contributed by atoms with van der Waals surface area (Å²) in [6.07, 6.45) is 6.74. The van der Waals surface area contributed by atoms with Gasteiger partial charge in [0.1, 0.15) is 39.5 Å². The summed E-state index contributed by atoms with van der Waals surface area (Å²) in [5, 5.41) is 1.27. The molecule has 104 heavy (non-hydrogen) atoms. The van der Waals surface area contributed by atoms with Crippen LogP contribution in [0.2, 0.25) is 15.5 Å². The largest absolute Gasteiger partial charge is 0.497 e. The van der Waals surface area contributed by atoms with E-state index in [1.54, 1.807) is 53.6 Å². The summed E-state index contributed by atoms with van der Waals surface area (Å²) in [6.45, 7) is 17.9. The van der Waals surface area contributed by atoms with Crippen molar-refractivity contribution in [1.82, 2.24) is 23.7 Å². The second-order valence-corrected chi connectivity index (χ2v) is 27.6. The summed E-state index contributed by atoms with van der Waals surface area (Å²) in [4.78, 5) is 70.4. The predicted octanol–water partition coefficient (Wildman–Crippen LogP) is 9.77. The first-order valence-corrected chi connectivity index (χ1v) is 37.1. The van der Waals surface area contributed by atoms with Crippen LogP contribution < -0.4 is 66.0 Å². The van der Waals surface area contributed by atoms with Crippen molar-refractivity contribution in [2.75, 3.05) is 186 Å². The smallest absolute Gasteiger partial charge is 0.253 e. The van der Waals surface area contributed by atoms with Gasteiger partial charge in [-0.3, -0.25) is 28.3 Å². The van der Waals surface area contributed by atoms with Gasteiger partial charge in [0, 0.05) is 183 Å². The fourth-order valence-corrected chi connectivity index (χ4v) is 14.4. The highest BCUT2D eigenvalue weighted by atomic mass is 35.5. The minimum absolute atomic E-state index is 0.0642. The number of hydrogen-bond acceptors (Lipinski definition) is 19. The maximum absolute atomic E-state index is 12.6. The number of ether oxygens (including phenoxy) is 7. The van der Waals surface area contributed by atoms with Crippen molar-refractivity contribution >= 4 is 74.9 Å². The second-order valence-electron chi connectivity index (χ2n) is 26.4. The minimum atomic E-state index is -0.168. The summed E-state index contributed by atoms with van der Waals surface area (Å²) in [5.74, 6) is 3.42. The maximum atomic E-state index is 12.6. The molecule has 26 heteroatoms. The predicted molar refractivity (Wildman–Crippen MR) is 415 cm³/mol. The van der Waals surface area contributed by atoms with E-state index in [-0.39, 0.29) is 22.2 Å². The van der Waals surface area contributed by atoms with E-state index in [2.05, 4.69) is 117 Å². The van der Waals surface area contributed by atoms with Gasteiger partial charge < -0.3 is 77.0 Å². The molecule has 7 aliphatic rings.